The van der Waals surface area contributed by atoms with Gasteiger partial charge < -0.3 is 0 Å². The molecule has 11 heteroatoms. The zero-order valence-electron chi connectivity index (χ0n) is 17.7. The first kappa shape index (κ1) is 24.9. The summed E-state index contributed by atoms with van der Waals surface area (Å²) >= 11 is 9.04. The molecule has 0 amide bonds. The van der Waals surface area contributed by atoms with Crippen LogP contribution in [0.2, 0.25) is 0 Å². The van der Waals surface area contributed by atoms with Crippen molar-refractivity contribution in [2.75, 3.05) is 36.4 Å². The summed E-state index contributed by atoms with van der Waals surface area (Å²) in [7, 11) is 0. The van der Waals surface area contributed by atoms with Crippen LogP contribution in [0.4, 0.5) is 0 Å². The topological polar surface area (TPSA) is 47.5 Å². The van der Waals surface area contributed by atoms with Crippen molar-refractivity contribution in [2.45, 2.75) is 26.9 Å². The third kappa shape index (κ3) is 7.98. The van der Waals surface area contributed by atoms with Crippen LogP contribution < -0.4 is 47.7 Å². The molecule has 1 N–H and O–H groups in total. The van der Waals surface area contributed by atoms with Crippen molar-refractivity contribution in [1.82, 2.24) is 30.0 Å². The predicted molar refractivity (Wildman–Crippen MR) is 121 cm³/mol. The molecular weight excluding hydrogens is 662 g/mol. The van der Waals surface area contributed by atoms with Gasteiger partial charge in [-0.05, 0) is 0 Å². The van der Waals surface area contributed by atoms with Crippen molar-refractivity contribution in [3.63, 3.8) is 0 Å². The molecule has 3 heterocycles. The molecule has 168 valence electrons. The zero-order chi connectivity index (χ0) is 21.5. The van der Waals surface area contributed by atoms with Crippen molar-refractivity contribution < 1.29 is 42.4 Å². The van der Waals surface area contributed by atoms with E-state index in [4.69, 9.17) is 12.2 Å². The maximum absolute atomic E-state index is 5.33. The fourth-order valence-electron chi connectivity index (χ4n) is 3.28. The van der Waals surface area contributed by atoms with E-state index in [0.717, 1.165) is 47.6 Å². The Morgan fingerprint density at radius 1 is 1.10 bits per heavy atom. The third-order valence-corrected chi connectivity index (χ3v) is 11.4. The number of hydrogen-bond donors (Lipinski definition) is 1. The van der Waals surface area contributed by atoms with Crippen LogP contribution in [0.5, 0.6) is 0 Å². The van der Waals surface area contributed by atoms with Crippen molar-refractivity contribution >= 4 is 37.9 Å². The van der Waals surface area contributed by atoms with Gasteiger partial charge in [0.05, 0.1) is 0 Å². The van der Waals surface area contributed by atoms with Gasteiger partial charge >= 0.3 is 216 Å². The van der Waals surface area contributed by atoms with Gasteiger partial charge in [0, 0.05) is 0 Å². The molecule has 1 aliphatic heterocycles. The molecule has 30 heavy (non-hydrogen) atoms. The SMILES string of the molecule is C[I-]C(=S)N/C=C(\C)CN1CN(Cc2cnc(C)s2)CN(Cc2cnc([I-]C)s2)C1. The Kier molecular flexibility index (Phi) is 10.3. The second-order valence-electron chi connectivity index (χ2n) is 7.12. The first-order chi connectivity index (χ1) is 14.4. The monoisotopic (exact) mass is 690 g/mol. The Labute approximate surface area is 213 Å². The molecule has 3 rings (SSSR count). The minimum absolute atomic E-state index is 0.0399. The van der Waals surface area contributed by atoms with Crippen molar-refractivity contribution in [3.05, 3.63) is 41.9 Å². The van der Waals surface area contributed by atoms with Crippen LogP contribution in [0, 0.1) is 9.94 Å². The predicted octanol–water partition coefficient (Wildman–Crippen LogP) is -3.21. The van der Waals surface area contributed by atoms with Crippen molar-refractivity contribution in [3.8, 4) is 0 Å². The van der Waals surface area contributed by atoms with E-state index in [9.17, 15) is 0 Å². The zero-order valence-corrected chi connectivity index (χ0v) is 24.5. The molecule has 0 aromatic carbocycles. The molecule has 1 fully saturated rings. The first-order valence-corrected chi connectivity index (χ1v) is 17.9. The summed E-state index contributed by atoms with van der Waals surface area (Å²) in [6, 6.07) is 0. The number of rotatable bonds is 9. The summed E-state index contributed by atoms with van der Waals surface area (Å²) in [5, 5.41) is 4.42. The van der Waals surface area contributed by atoms with Gasteiger partial charge in [0.1, 0.15) is 0 Å². The number of nitrogens with zero attached hydrogens (tertiary/aromatic N) is 5. The standard InChI is InChI=1S/C19H28I2N6S3/c1-14(5-23-18(28)20-3)8-25-11-26(9-16-6-22-15(2)29-16)13-27(12-25)10-17-7-24-19(21-4)30-17/h5-7H,8-13H2,1-4H3,(H,23,28)/q-2/b14-5+. The van der Waals surface area contributed by atoms with Crippen LogP contribution in [0.25, 0.3) is 0 Å². The minimum atomic E-state index is -0.0399. The van der Waals surface area contributed by atoms with Crippen molar-refractivity contribution in [2.24, 2.45) is 0 Å². The number of thiocarbonyl (C=S) groups is 1. The first-order valence-electron chi connectivity index (χ1n) is 9.43. The van der Waals surface area contributed by atoms with Gasteiger partial charge in [-0.3, -0.25) is 0 Å². The van der Waals surface area contributed by atoms with Gasteiger partial charge in [0.2, 0.25) is 0 Å². The van der Waals surface area contributed by atoms with E-state index in [2.05, 4.69) is 66.1 Å². The summed E-state index contributed by atoms with van der Waals surface area (Å²) in [5.74, 6) is 0. The Bertz CT molecular complexity index is 868. The molecule has 6 nitrogen and oxygen atoms in total. The molecule has 2 aromatic rings. The van der Waals surface area contributed by atoms with Gasteiger partial charge in [0.25, 0.3) is 0 Å². The summed E-state index contributed by atoms with van der Waals surface area (Å²) in [6.45, 7) is 9.97. The molecule has 0 bridgehead atoms. The van der Waals surface area contributed by atoms with E-state index in [1.165, 1.54) is 18.3 Å². The molecule has 0 saturated carbocycles. The molecular formula is C19H28I2N6S3-2. The Morgan fingerprint density at radius 2 is 1.73 bits per heavy atom. The quantitative estimate of drug-likeness (QED) is 0.0979. The van der Waals surface area contributed by atoms with Gasteiger partial charge in [0.15, 0.2) is 0 Å². The Balaban J connectivity index is 1.66. The number of thiazole rings is 2. The summed E-state index contributed by atoms with van der Waals surface area (Å²) in [5.41, 5.74) is 1.31. The second kappa shape index (κ2) is 12.5. The fraction of sp³-hybridized carbons (Fsp3) is 0.526. The number of aromatic nitrogens is 2. The van der Waals surface area contributed by atoms with Crippen LogP contribution in [0.15, 0.2) is 24.2 Å². The maximum atomic E-state index is 5.33. The second-order valence-corrected chi connectivity index (χ2v) is 15.7. The van der Waals surface area contributed by atoms with Crippen LogP contribution in [0.1, 0.15) is 21.7 Å². The average molecular weight is 690 g/mol. The number of hydrogen-bond acceptors (Lipinski definition) is 8. The summed E-state index contributed by atoms with van der Waals surface area (Å²) in [4.78, 5) is 23.7. The van der Waals surface area contributed by atoms with Crippen LogP contribution in [-0.2, 0) is 13.1 Å². The van der Waals surface area contributed by atoms with Gasteiger partial charge in [-0.2, -0.15) is 0 Å². The van der Waals surface area contributed by atoms with Gasteiger partial charge in [-0.1, -0.05) is 0 Å². The van der Waals surface area contributed by atoms with E-state index >= 15 is 0 Å². The molecule has 0 aliphatic carbocycles. The molecule has 0 radical (unpaired) electrons. The van der Waals surface area contributed by atoms with Crippen LogP contribution in [0.3, 0.4) is 0 Å². The summed E-state index contributed by atoms with van der Waals surface area (Å²) in [6.07, 6.45) is 6.18. The van der Waals surface area contributed by atoms with E-state index in [0.29, 0.717) is 0 Å². The Morgan fingerprint density at radius 3 is 2.30 bits per heavy atom. The summed E-state index contributed by atoms with van der Waals surface area (Å²) < 4.78 is 2.32. The normalized spacial score (nSPS) is 17.1. The van der Waals surface area contributed by atoms with Gasteiger partial charge in [-0.25, -0.2) is 0 Å². The average Bonchev–Trinajstić information content (AvgIpc) is 3.34. The Hall–Kier alpha value is 0.230. The van der Waals surface area contributed by atoms with E-state index < -0.39 is 0 Å². The van der Waals surface area contributed by atoms with Crippen LogP contribution >= 0.6 is 34.9 Å². The van der Waals surface area contributed by atoms with Gasteiger partial charge in [-0.15, -0.1) is 0 Å². The molecule has 1 aliphatic rings. The molecule has 2 aromatic heterocycles. The molecule has 0 spiro atoms. The van der Waals surface area contributed by atoms with Crippen molar-refractivity contribution in [1.29, 1.82) is 0 Å². The third-order valence-electron chi connectivity index (χ3n) is 4.39. The molecule has 0 unspecified atom stereocenters. The molecule has 1 saturated heterocycles. The molecule has 0 atom stereocenters. The van der Waals surface area contributed by atoms with E-state index in [1.807, 2.05) is 17.5 Å². The number of nitrogens with one attached hydrogen (secondary N) is 1. The van der Waals surface area contributed by atoms with Crippen LogP contribution in [-0.4, -0.2) is 64.1 Å². The van der Waals surface area contributed by atoms with E-state index in [-0.39, 0.29) is 42.4 Å². The van der Waals surface area contributed by atoms with E-state index in [1.54, 1.807) is 11.3 Å². The number of halogens is 2. The number of alkyl halides is 2. The number of aryl methyl sites for hydroxylation is 1. The fourth-order valence-corrected chi connectivity index (χ4v) is 7.32.